The van der Waals surface area contributed by atoms with Crippen LogP contribution in [-0.4, -0.2) is 28.0 Å². The lowest BCUT2D eigenvalue weighted by molar-refractivity contribution is 0.0771. The van der Waals surface area contributed by atoms with E-state index < -0.39 is 0 Å². The monoisotopic (exact) mass is 453 g/mol. The normalized spacial score (nSPS) is 10.9. The molecule has 0 fully saturated rings. The van der Waals surface area contributed by atoms with Crippen LogP contribution in [0.3, 0.4) is 0 Å². The fraction of sp³-hybridized carbons (Fsp3) is 0.174. The van der Waals surface area contributed by atoms with Gasteiger partial charge in [-0.15, -0.1) is 0 Å². The first-order valence-electron chi connectivity index (χ1n) is 9.60. The second-order valence-corrected chi connectivity index (χ2v) is 8.41. The van der Waals surface area contributed by atoms with E-state index in [-0.39, 0.29) is 5.91 Å². The van der Waals surface area contributed by atoms with Gasteiger partial charge < -0.3 is 13.8 Å². The van der Waals surface area contributed by atoms with Crippen LogP contribution in [0.1, 0.15) is 27.6 Å². The first-order valence-corrected chi connectivity index (χ1v) is 11.0. The number of carbonyl (C=O) groups is 1. The van der Waals surface area contributed by atoms with Gasteiger partial charge in [-0.25, -0.2) is 4.98 Å². The quantitative estimate of drug-likeness (QED) is 0.326. The molecule has 0 radical (unpaired) electrons. The highest BCUT2D eigenvalue weighted by Crippen LogP contribution is 2.27. The summed E-state index contributed by atoms with van der Waals surface area (Å²) < 4.78 is 11.0. The summed E-state index contributed by atoms with van der Waals surface area (Å²) in [6.07, 6.45) is 1.68. The Bertz CT molecular complexity index is 1190. The van der Waals surface area contributed by atoms with Crippen molar-refractivity contribution < 1.29 is 13.7 Å². The van der Waals surface area contributed by atoms with Gasteiger partial charge in [-0.3, -0.25) is 4.79 Å². The fourth-order valence-corrected chi connectivity index (χ4v) is 4.03. The molecule has 1 amide bonds. The minimum absolute atomic E-state index is 0.128. The van der Waals surface area contributed by atoms with Gasteiger partial charge in [0.2, 0.25) is 0 Å². The number of nitrogens with zero attached hydrogens (tertiary/aromatic N) is 3. The summed E-state index contributed by atoms with van der Waals surface area (Å²) in [7, 11) is 1.75. The van der Waals surface area contributed by atoms with Crippen molar-refractivity contribution in [1.29, 1.82) is 0 Å². The Kier molecular flexibility index (Phi) is 6.44. The van der Waals surface area contributed by atoms with Gasteiger partial charge in [0.25, 0.3) is 5.91 Å². The lowest BCUT2D eigenvalue weighted by Gasteiger charge is -2.17. The summed E-state index contributed by atoms with van der Waals surface area (Å²) in [6, 6.07) is 16.6. The Hall–Kier alpha value is -3.03. The van der Waals surface area contributed by atoms with Gasteiger partial charge in [-0.1, -0.05) is 28.5 Å². The molecule has 8 heteroatoms. The number of rotatable bonds is 7. The largest absolute Gasteiger partial charge is 0.459 e. The molecule has 6 nitrogen and oxygen atoms in total. The van der Waals surface area contributed by atoms with E-state index in [1.807, 2.05) is 49.4 Å². The number of hydrogen-bond donors (Lipinski definition) is 0. The van der Waals surface area contributed by atoms with E-state index in [2.05, 4.69) is 10.1 Å². The van der Waals surface area contributed by atoms with Gasteiger partial charge in [-0.2, -0.15) is 0 Å². The maximum atomic E-state index is 13.1. The van der Waals surface area contributed by atoms with Crippen LogP contribution in [0.5, 0.6) is 0 Å². The highest BCUT2D eigenvalue weighted by atomic mass is 35.5. The predicted octanol–water partition coefficient (Wildman–Crippen LogP) is 5.86. The average Bonchev–Trinajstić information content (AvgIpc) is 3.41. The van der Waals surface area contributed by atoms with E-state index in [4.69, 9.17) is 20.5 Å². The van der Waals surface area contributed by atoms with E-state index in [1.54, 1.807) is 30.3 Å². The fourth-order valence-electron chi connectivity index (χ4n) is 3.04. The molecule has 0 saturated heterocycles. The molecule has 0 bridgehead atoms. The van der Waals surface area contributed by atoms with Crippen LogP contribution in [-0.2, 0) is 12.3 Å². The minimum Gasteiger partial charge on any atom is -0.459 e. The molecule has 0 aliphatic rings. The van der Waals surface area contributed by atoms with Crippen LogP contribution in [0.25, 0.3) is 11.3 Å². The van der Waals surface area contributed by atoms with Crippen molar-refractivity contribution in [2.24, 2.45) is 0 Å². The molecule has 0 aliphatic carbocycles. The van der Waals surface area contributed by atoms with Crippen LogP contribution >= 0.6 is 23.4 Å². The third kappa shape index (κ3) is 5.18. The molecule has 4 aromatic rings. The summed E-state index contributed by atoms with van der Waals surface area (Å²) in [5, 5.41) is 5.31. The zero-order chi connectivity index (χ0) is 21.8. The number of furan rings is 1. The zero-order valence-corrected chi connectivity index (χ0v) is 18.6. The molecule has 158 valence electrons. The summed E-state index contributed by atoms with van der Waals surface area (Å²) in [4.78, 5) is 19.1. The lowest BCUT2D eigenvalue weighted by Crippen LogP contribution is -2.26. The van der Waals surface area contributed by atoms with Crippen molar-refractivity contribution in [3.8, 4) is 11.3 Å². The molecule has 0 atom stereocenters. The number of hydrogen-bond acceptors (Lipinski definition) is 6. The first kappa shape index (κ1) is 21.2. The molecule has 3 aromatic heterocycles. The Balaban J connectivity index is 1.44. The van der Waals surface area contributed by atoms with Crippen molar-refractivity contribution in [2.45, 2.75) is 24.2 Å². The van der Waals surface area contributed by atoms with Crippen molar-refractivity contribution in [2.75, 3.05) is 7.05 Å². The molecular weight excluding hydrogens is 434 g/mol. The predicted molar refractivity (Wildman–Crippen MR) is 120 cm³/mol. The molecule has 31 heavy (non-hydrogen) atoms. The minimum atomic E-state index is -0.128. The maximum absolute atomic E-state index is 13.1. The second kappa shape index (κ2) is 9.41. The molecule has 3 heterocycles. The van der Waals surface area contributed by atoms with E-state index in [9.17, 15) is 4.79 Å². The van der Waals surface area contributed by atoms with Crippen molar-refractivity contribution in [3.63, 3.8) is 0 Å². The zero-order valence-electron chi connectivity index (χ0n) is 17.0. The van der Waals surface area contributed by atoms with Gasteiger partial charge in [0.15, 0.2) is 0 Å². The standard InChI is InChI=1S/C23H20ClN3O3S/c1-15-12-18(26-30-15)14-31-22-20(4-3-11-25-22)23(28)27(2)13-19-9-10-21(29-19)16-5-7-17(24)8-6-16/h3-12H,13-14H2,1-2H3. The molecule has 4 rings (SSSR count). The Morgan fingerprint density at radius 3 is 2.71 bits per heavy atom. The highest BCUT2D eigenvalue weighted by molar-refractivity contribution is 7.98. The number of amides is 1. The summed E-state index contributed by atoms with van der Waals surface area (Å²) in [5.41, 5.74) is 2.28. The lowest BCUT2D eigenvalue weighted by atomic mass is 10.2. The van der Waals surface area contributed by atoms with Gasteiger partial charge >= 0.3 is 0 Å². The number of aromatic nitrogens is 2. The van der Waals surface area contributed by atoms with Crippen molar-refractivity contribution >= 4 is 29.3 Å². The summed E-state index contributed by atoms with van der Waals surface area (Å²) >= 11 is 7.40. The van der Waals surface area contributed by atoms with Crippen LogP contribution < -0.4 is 0 Å². The van der Waals surface area contributed by atoms with Crippen LogP contribution in [0.15, 0.2) is 74.8 Å². The third-order valence-corrected chi connectivity index (χ3v) is 5.86. The molecule has 0 saturated carbocycles. The molecule has 0 spiro atoms. The Labute approximate surface area is 189 Å². The second-order valence-electron chi connectivity index (χ2n) is 7.01. The van der Waals surface area contributed by atoms with E-state index in [0.717, 1.165) is 22.8 Å². The molecule has 0 aliphatic heterocycles. The number of pyridine rings is 1. The topological polar surface area (TPSA) is 72.4 Å². The number of carbonyl (C=O) groups excluding carboxylic acids is 1. The van der Waals surface area contributed by atoms with Crippen molar-refractivity contribution in [1.82, 2.24) is 15.0 Å². The van der Waals surface area contributed by atoms with E-state index >= 15 is 0 Å². The number of halogens is 1. The molecule has 0 N–H and O–H groups in total. The van der Waals surface area contributed by atoms with Crippen LogP contribution in [0, 0.1) is 6.92 Å². The van der Waals surface area contributed by atoms with Crippen molar-refractivity contribution in [3.05, 3.63) is 88.6 Å². The highest BCUT2D eigenvalue weighted by Gasteiger charge is 2.19. The summed E-state index contributed by atoms with van der Waals surface area (Å²) in [5.74, 6) is 2.62. The van der Waals surface area contributed by atoms with Gasteiger partial charge in [0.05, 0.1) is 17.8 Å². The summed E-state index contributed by atoms with van der Waals surface area (Å²) in [6.45, 7) is 2.19. The number of thioether (sulfide) groups is 1. The van der Waals surface area contributed by atoms with Gasteiger partial charge in [-0.05, 0) is 55.5 Å². The van der Waals surface area contributed by atoms with Crippen LogP contribution in [0.4, 0.5) is 0 Å². The van der Waals surface area contributed by atoms with E-state index in [1.165, 1.54) is 11.8 Å². The SMILES string of the molecule is Cc1cc(CSc2ncccc2C(=O)N(C)Cc2ccc(-c3ccc(Cl)cc3)o2)no1. The molecule has 1 aromatic carbocycles. The Morgan fingerprint density at radius 1 is 1.16 bits per heavy atom. The number of aryl methyl sites for hydroxylation is 1. The molecular formula is C23H20ClN3O3S. The van der Waals surface area contributed by atoms with Gasteiger partial charge in [0.1, 0.15) is 22.3 Å². The van der Waals surface area contributed by atoms with Gasteiger partial charge in [0, 0.05) is 35.6 Å². The Morgan fingerprint density at radius 2 is 1.97 bits per heavy atom. The number of benzene rings is 1. The van der Waals surface area contributed by atoms with E-state index in [0.29, 0.717) is 33.7 Å². The third-order valence-electron chi connectivity index (χ3n) is 4.57. The smallest absolute Gasteiger partial charge is 0.256 e. The average molecular weight is 454 g/mol. The first-order chi connectivity index (χ1) is 15.0. The molecule has 0 unspecified atom stereocenters. The van der Waals surface area contributed by atoms with Crippen LogP contribution in [0.2, 0.25) is 5.02 Å². The maximum Gasteiger partial charge on any atom is 0.256 e.